The Balaban J connectivity index is 1.59. The van der Waals surface area contributed by atoms with E-state index in [4.69, 9.17) is 5.26 Å². The van der Waals surface area contributed by atoms with E-state index >= 15 is 8.78 Å². The van der Waals surface area contributed by atoms with Crippen molar-refractivity contribution in [2.45, 2.75) is 49.8 Å². The molecule has 3 atom stereocenters. The van der Waals surface area contributed by atoms with Crippen molar-refractivity contribution < 1.29 is 32.3 Å². The number of alkyl halides is 2. The fraction of sp³-hybridized carbons (Fsp3) is 0.348. The van der Waals surface area contributed by atoms with Crippen LogP contribution in [0.4, 0.5) is 23.2 Å². The molecule has 2 aromatic rings. The van der Waals surface area contributed by atoms with Gasteiger partial charge in [-0.25, -0.2) is 8.78 Å². The number of anilines is 1. The number of fused-ring (bicyclic) bond motifs is 2. The number of halogens is 4. The van der Waals surface area contributed by atoms with Gasteiger partial charge in [0.25, 0.3) is 11.8 Å². The Hall–Kier alpha value is -3.45. The Bertz CT molecular complexity index is 1150. The molecule has 2 N–H and O–H groups in total. The summed E-state index contributed by atoms with van der Waals surface area (Å²) in [6, 6.07) is 5.99. The number of rotatable bonds is 4. The molecule has 33 heavy (non-hydrogen) atoms. The predicted octanol–water partition coefficient (Wildman–Crippen LogP) is 3.69. The lowest BCUT2D eigenvalue weighted by Crippen LogP contribution is -2.53. The summed E-state index contributed by atoms with van der Waals surface area (Å²) < 4.78 is 58.2. The van der Waals surface area contributed by atoms with Crippen LogP contribution in [-0.4, -0.2) is 40.0 Å². The van der Waals surface area contributed by atoms with Crippen molar-refractivity contribution in [2.75, 3.05) is 5.32 Å². The Morgan fingerprint density at radius 1 is 1.06 bits per heavy atom. The summed E-state index contributed by atoms with van der Waals surface area (Å²) in [6.45, 7) is 0. The van der Waals surface area contributed by atoms with Gasteiger partial charge in [0, 0.05) is 23.3 Å². The number of carbonyl (C=O) groups is 2. The maximum absolute atomic E-state index is 15.2. The second kappa shape index (κ2) is 8.48. The Labute approximate surface area is 186 Å². The van der Waals surface area contributed by atoms with E-state index in [-0.39, 0.29) is 29.7 Å². The van der Waals surface area contributed by atoms with Crippen LogP contribution in [0.5, 0.6) is 0 Å². The summed E-state index contributed by atoms with van der Waals surface area (Å²) in [4.78, 5) is 26.4. The van der Waals surface area contributed by atoms with Gasteiger partial charge in [0.15, 0.2) is 0 Å². The van der Waals surface area contributed by atoms with Crippen LogP contribution in [0.3, 0.4) is 0 Å². The first-order valence-electron chi connectivity index (χ1n) is 10.3. The van der Waals surface area contributed by atoms with Crippen LogP contribution in [0.2, 0.25) is 0 Å². The quantitative estimate of drug-likeness (QED) is 0.680. The third-order valence-corrected chi connectivity index (χ3v) is 6.12. The molecular weight excluding hydrogens is 442 g/mol. The van der Waals surface area contributed by atoms with Gasteiger partial charge in [0.05, 0.1) is 17.2 Å². The molecule has 0 unspecified atom stereocenters. The summed E-state index contributed by atoms with van der Waals surface area (Å²) in [6.07, 6.45) is 0.669. The van der Waals surface area contributed by atoms with Gasteiger partial charge in [0.1, 0.15) is 17.7 Å². The number of nitrogens with one attached hydrogen (secondary N) is 1. The van der Waals surface area contributed by atoms with Crippen molar-refractivity contribution in [2.24, 2.45) is 0 Å². The predicted molar refractivity (Wildman–Crippen MR) is 108 cm³/mol. The van der Waals surface area contributed by atoms with Gasteiger partial charge in [-0.05, 0) is 62.1 Å². The molecule has 2 aromatic carbocycles. The monoisotopic (exact) mass is 461 g/mol. The molecule has 4 rings (SSSR count). The van der Waals surface area contributed by atoms with E-state index in [0.717, 1.165) is 23.1 Å². The highest BCUT2D eigenvalue weighted by atomic mass is 19.3. The molecule has 2 saturated heterocycles. The van der Waals surface area contributed by atoms with Gasteiger partial charge in [-0.15, -0.1) is 0 Å². The lowest BCUT2D eigenvalue weighted by Gasteiger charge is -2.39. The van der Waals surface area contributed by atoms with E-state index in [1.165, 1.54) is 6.07 Å². The van der Waals surface area contributed by atoms with E-state index in [9.17, 15) is 23.5 Å². The molecule has 172 valence electrons. The summed E-state index contributed by atoms with van der Waals surface area (Å²) in [5, 5.41) is 21.1. The molecular formula is C23H19F4N3O3. The molecule has 2 heterocycles. The lowest BCUT2D eigenvalue weighted by molar-refractivity contribution is -0.166. The average molecular weight is 461 g/mol. The number of aliphatic hydroxyl groups is 1. The highest BCUT2D eigenvalue weighted by Gasteiger charge is 2.53. The SMILES string of the molecule is N#Cc1cc(NC(=O)c2ccc(F)c(C(F)(F)C(=O)N3[C@@H]4CC[C@H]3C[C@H](O)C4)c2)ccc1F. The molecule has 0 aliphatic carbocycles. The fourth-order valence-electron chi connectivity index (χ4n) is 4.56. The third-order valence-electron chi connectivity index (χ3n) is 6.12. The van der Waals surface area contributed by atoms with Crippen molar-refractivity contribution >= 4 is 17.5 Å². The number of nitriles is 1. The van der Waals surface area contributed by atoms with Gasteiger partial charge in [-0.3, -0.25) is 9.59 Å². The van der Waals surface area contributed by atoms with E-state index in [0.29, 0.717) is 25.0 Å². The molecule has 10 heteroatoms. The first-order chi connectivity index (χ1) is 15.6. The van der Waals surface area contributed by atoms with Crippen LogP contribution >= 0.6 is 0 Å². The average Bonchev–Trinajstić information content (AvgIpc) is 3.05. The van der Waals surface area contributed by atoms with E-state index in [2.05, 4.69) is 5.32 Å². The summed E-state index contributed by atoms with van der Waals surface area (Å²) in [5.41, 5.74) is -1.87. The van der Waals surface area contributed by atoms with Gasteiger partial charge < -0.3 is 15.3 Å². The highest BCUT2D eigenvalue weighted by molar-refractivity contribution is 6.04. The number of nitrogens with zero attached hydrogens (tertiary/aromatic N) is 2. The molecule has 2 aliphatic heterocycles. The van der Waals surface area contributed by atoms with Crippen LogP contribution in [0.15, 0.2) is 36.4 Å². The van der Waals surface area contributed by atoms with Crippen molar-refractivity contribution in [3.8, 4) is 6.07 Å². The molecule has 2 aliphatic rings. The summed E-state index contributed by atoms with van der Waals surface area (Å²) >= 11 is 0. The zero-order valence-electron chi connectivity index (χ0n) is 17.2. The second-order valence-electron chi connectivity index (χ2n) is 8.25. The van der Waals surface area contributed by atoms with Crippen LogP contribution in [0.25, 0.3) is 0 Å². The van der Waals surface area contributed by atoms with Crippen molar-refractivity contribution in [3.63, 3.8) is 0 Å². The largest absolute Gasteiger partial charge is 0.393 e. The van der Waals surface area contributed by atoms with Crippen LogP contribution in [0.1, 0.15) is 47.2 Å². The molecule has 0 aromatic heterocycles. The maximum Gasteiger partial charge on any atom is 0.352 e. The van der Waals surface area contributed by atoms with E-state index < -0.39 is 53.1 Å². The number of hydrogen-bond donors (Lipinski definition) is 2. The lowest BCUT2D eigenvalue weighted by atomic mass is 9.96. The molecule has 0 radical (unpaired) electrons. The van der Waals surface area contributed by atoms with E-state index in [1.807, 2.05) is 0 Å². The minimum absolute atomic E-state index is 0.0371. The molecule has 0 spiro atoms. The first kappa shape index (κ1) is 22.7. The maximum atomic E-state index is 15.2. The third kappa shape index (κ3) is 4.16. The van der Waals surface area contributed by atoms with Crippen molar-refractivity contribution in [1.82, 2.24) is 4.90 Å². The van der Waals surface area contributed by atoms with Crippen LogP contribution in [-0.2, 0) is 10.7 Å². The van der Waals surface area contributed by atoms with Gasteiger partial charge in [-0.2, -0.15) is 14.0 Å². The minimum Gasteiger partial charge on any atom is -0.393 e. The molecule has 2 fully saturated rings. The Kier molecular flexibility index (Phi) is 5.84. The number of benzene rings is 2. The zero-order chi connectivity index (χ0) is 23.9. The molecule has 2 amide bonds. The molecule has 0 saturated carbocycles. The Morgan fingerprint density at radius 3 is 2.33 bits per heavy atom. The number of amides is 2. The van der Waals surface area contributed by atoms with Crippen LogP contribution in [0, 0.1) is 23.0 Å². The summed E-state index contributed by atoms with van der Waals surface area (Å²) in [5.74, 6) is -8.83. The standard InChI is InChI=1S/C23H19F4N3O3/c24-19-6-2-14(7-13(19)11-28)29-21(32)12-1-5-20(25)18(8-12)23(26,27)22(33)30-15-3-4-16(30)10-17(31)9-15/h1-2,5-8,15-17,31H,3-4,9-10H2,(H,29,32)/t15-,16+,17-. The molecule has 2 bridgehead atoms. The van der Waals surface area contributed by atoms with Gasteiger partial charge in [0.2, 0.25) is 0 Å². The van der Waals surface area contributed by atoms with Gasteiger partial charge >= 0.3 is 5.92 Å². The second-order valence-corrected chi connectivity index (χ2v) is 8.25. The molecule has 6 nitrogen and oxygen atoms in total. The normalized spacial score (nSPS) is 22.1. The zero-order valence-corrected chi connectivity index (χ0v) is 17.2. The number of carbonyl (C=O) groups excluding carboxylic acids is 2. The Morgan fingerprint density at radius 2 is 1.70 bits per heavy atom. The minimum atomic E-state index is -4.23. The smallest absolute Gasteiger partial charge is 0.352 e. The number of hydrogen-bond acceptors (Lipinski definition) is 4. The highest BCUT2D eigenvalue weighted by Crippen LogP contribution is 2.41. The topological polar surface area (TPSA) is 93.4 Å². The van der Waals surface area contributed by atoms with Crippen molar-refractivity contribution in [1.29, 1.82) is 5.26 Å². The van der Waals surface area contributed by atoms with E-state index in [1.54, 1.807) is 6.07 Å². The number of piperidine rings is 1. The van der Waals surface area contributed by atoms with Crippen LogP contribution < -0.4 is 5.32 Å². The number of aliphatic hydroxyl groups excluding tert-OH is 1. The van der Waals surface area contributed by atoms with Crippen molar-refractivity contribution in [3.05, 3.63) is 64.7 Å². The summed E-state index contributed by atoms with van der Waals surface area (Å²) in [7, 11) is 0. The van der Waals surface area contributed by atoms with Gasteiger partial charge in [-0.1, -0.05) is 0 Å². The fourth-order valence-corrected chi connectivity index (χ4v) is 4.56. The first-order valence-corrected chi connectivity index (χ1v) is 10.3.